The molecule has 4 fully saturated rings. The first-order valence-corrected chi connectivity index (χ1v) is 20.4. The number of halogens is 2. The van der Waals surface area contributed by atoms with Crippen molar-refractivity contribution in [2.45, 2.75) is 87.6 Å². The monoisotopic (exact) mass is 773 g/mol. The summed E-state index contributed by atoms with van der Waals surface area (Å²) in [6, 6.07) is 18.4. The average Bonchev–Trinajstić information content (AvgIpc) is 3.77. The number of piperidine rings is 2. The number of H-pyrrole nitrogens is 1. The summed E-state index contributed by atoms with van der Waals surface area (Å²) in [5.41, 5.74) is 2.32. The Balaban J connectivity index is 0.000000862. The van der Waals surface area contributed by atoms with E-state index in [1.165, 1.54) is 48.6 Å². The van der Waals surface area contributed by atoms with E-state index in [1.54, 1.807) is 22.7 Å². The number of aromatic amines is 1. The van der Waals surface area contributed by atoms with E-state index >= 15 is 0 Å². The molecule has 2 aromatic heterocycles. The van der Waals surface area contributed by atoms with E-state index in [0.717, 1.165) is 69.9 Å². The molecular weight excluding hydrogens is 723 g/mol. The van der Waals surface area contributed by atoms with Crippen LogP contribution in [0.4, 0.5) is 20.4 Å². The highest BCUT2D eigenvalue weighted by atomic mass is 32.2. The van der Waals surface area contributed by atoms with Crippen molar-refractivity contribution in [1.82, 2.24) is 24.5 Å². The topological polar surface area (TPSA) is 118 Å². The molecular formula is C41H51F2N8O3S+. The Morgan fingerprint density at radius 3 is 2.29 bits per heavy atom. The first-order valence-electron chi connectivity index (χ1n) is 19.6. The van der Waals surface area contributed by atoms with Crippen molar-refractivity contribution in [2.75, 3.05) is 49.5 Å². The summed E-state index contributed by atoms with van der Waals surface area (Å²) in [4.78, 5) is 48.9. The van der Waals surface area contributed by atoms with Gasteiger partial charge >= 0.3 is 5.95 Å². The maximum atomic E-state index is 13.2. The highest BCUT2D eigenvalue weighted by molar-refractivity contribution is 7.97. The third-order valence-corrected chi connectivity index (χ3v) is 12.1. The number of alkyl halides is 2. The number of fused-ring (bicyclic) bond motifs is 1. The molecule has 11 nitrogen and oxygen atoms in total. The maximum absolute atomic E-state index is 13.2. The number of benzene rings is 2. The molecule has 1 atom stereocenters. The van der Waals surface area contributed by atoms with E-state index in [0.29, 0.717) is 24.2 Å². The Labute approximate surface area is 325 Å². The summed E-state index contributed by atoms with van der Waals surface area (Å²) in [5.74, 6) is -0.0699. The van der Waals surface area contributed by atoms with Gasteiger partial charge in [0, 0.05) is 62.8 Å². The maximum Gasteiger partial charge on any atom is 0.393 e. The van der Waals surface area contributed by atoms with Crippen molar-refractivity contribution in [1.29, 1.82) is 0 Å². The molecule has 3 saturated heterocycles. The molecule has 14 heteroatoms. The lowest BCUT2D eigenvalue weighted by Gasteiger charge is -2.36. The normalized spacial score (nSPS) is 20.1. The van der Waals surface area contributed by atoms with Crippen LogP contribution in [0.15, 0.2) is 70.5 Å². The van der Waals surface area contributed by atoms with E-state index in [2.05, 4.69) is 71.1 Å². The Morgan fingerprint density at radius 1 is 0.909 bits per heavy atom. The first kappa shape index (κ1) is 38.9. The van der Waals surface area contributed by atoms with Crippen LogP contribution in [-0.2, 0) is 23.2 Å². The Kier molecular flexibility index (Phi) is 12.7. The number of carbonyl (C=O) groups is 2. The van der Waals surface area contributed by atoms with Gasteiger partial charge in [-0.15, -0.1) is 0 Å². The van der Waals surface area contributed by atoms with Gasteiger partial charge < -0.3 is 4.90 Å². The van der Waals surface area contributed by atoms with Crippen LogP contribution in [0.25, 0.3) is 11.0 Å². The summed E-state index contributed by atoms with van der Waals surface area (Å²) in [6.45, 7) is 6.48. The van der Waals surface area contributed by atoms with Crippen LogP contribution >= 0.6 is 11.9 Å². The van der Waals surface area contributed by atoms with Crippen LogP contribution in [-0.4, -0.2) is 76.3 Å². The van der Waals surface area contributed by atoms with Gasteiger partial charge in [0.1, 0.15) is 0 Å². The van der Waals surface area contributed by atoms with Gasteiger partial charge in [0.2, 0.25) is 17.5 Å². The predicted molar refractivity (Wildman–Crippen MR) is 211 cm³/mol. The van der Waals surface area contributed by atoms with Crippen LogP contribution in [0.2, 0.25) is 0 Å². The molecule has 0 bridgehead atoms. The number of carbonyl (C=O) groups excluding carboxylic acids is 2. The molecule has 4 aliphatic rings. The molecule has 0 radical (unpaired) electrons. The highest BCUT2D eigenvalue weighted by Gasteiger charge is 2.29. The summed E-state index contributed by atoms with van der Waals surface area (Å²) >= 11 is 1.78. The molecule has 8 rings (SSSR count). The smallest absolute Gasteiger partial charge is 0.369 e. The number of aryl methyl sites for hydroxylation is 1. The number of anilines is 2. The van der Waals surface area contributed by atoms with Gasteiger partial charge in [-0.1, -0.05) is 61.4 Å². The minimum absolute atomic E-state index is 0.191. The fraction of sp³-hybridized carbons (Fsp3) is 0.488. The molecule has 55 heavy (non-hydrogen) atoms. The van der Waals surface area contributed by atoms with Gasteiger partial charge in [0.15, 0.2) is 0 Å². The second-order valence-electron chi connectivity index (χ2n) is 15.0. The number of pyridine rings is 1. The quantitative estimate of drug-likeness (QED) is 0.106. The summed E-state index contributed by atoms with van der Waals surface area (Å²) in [6.07, 6.45) is 9.13. The van der Waals surface area contributed by atoms with E-state index in [4.69, 9.17) is 0 Å². The van der Waals surface area contributed by atoms with Crippen molar-refractivity contribution in [3.8, 4) is 0 Å². The molecule has 2 amide bonds. The van der Waals surface area contributed by atoms with Crippen molar-refractivity contribution in [3.63, 3.8) is 0 Å². The number of amides is 2. The largest absolute Gasteiger partial charge is 0.393 e. The SMILES string of the molecule is C1CCCC1.C[n+]1cc2cc(C(F)F)c(=O)[nH]c2nc1NC1CCN(Sc2cccc(CN3CCN(c4ccc(C5CCC(=O)NC5=O)cc4)CC3)c2)CC1. The molecule has 292 valence electrons. The van der Waals surface area contributed by atoms with E-state index < -0.39 is 17.5 Å². The fourth-order valence-corrected chi connectivity index (χ4v) is 8.89. The number of hydrogen-bond donors (Lipinski definition) is 3. The van der Waals surface area contributed by atoms with Crippen molar-refractivity contribution in [2.24, 2.45) is 7.05 Å². The lowest BCUT2D eigenvalue weighted by atomic mass is 9.90. The zero-order valence-corrected chi connectivity index (χ0v) is 32.3. The molecule has 1 unspecified atom stereocenters. The number of rotatable bonds is 9. The van der Waals surface area contributed by atoms with Gasteiger partial charge in [0.25, 0.3) is 12.0 Å². The predicted octanol–water partition coefficient (Wildman–Crippen LogP) is 6.06. The zero-order valence-electron chi connectivity index (χ0n) is 31.4. The van der Waals surface area contributed by atoms with Gasteiger partial charge in [-0.25, -0.2) is 17.7 Å². The standard InChI is InChI=1S/C36H40F2N8O3S.C5H10/c1-43-22-25-20-30(32(37)38)35(49)41-33(25)42-36(43)39-26-11-13-46(14-12-26)50-28-4-2-3-23(19-28)21-44-15-17-45(18-16-44)27-7-5-24(6-8-27)29-9-10-31(47)40-34(29)48;1-2-4-5-3-1/h2-8,19-20,22,26,29,32H,9-18,21H2,1H3,(H2,39,40,41,42,47,48,49);1-5H2/p+1. The van der Waals surface area contributed by atoms with Crippen molar-refractivity contribution < 1.29 is 22.9 Å². The molecule has 5 heterocycles. The summed E-state index contributed by atoms with van der Waals surface area (Å²) < 4.78 is 30.5. The number of piperazine rings is 1. The lowest BCUT2D eigenvalue weighted by Crippen LogP contribution is -2.46. The van der Waals surface area contributed by atoms with E-state index in [9.17, 15) is 23.2 Å². The average molecular weight is 774 g/mol. The van der Waals surface area contributed by atoms with Crippen LogP contribution in [0.3, 0.4) is 0 Å². The lowest BCUT2D eigenvalue weighted by molar-refractivity contribution is -0.658. The van der Waals surface area contributed by atoms with E-state index in [-0.39, 0.29) is 29.4 Å². The van der Waals surface area contributed by atoms with Crippen LogP contribution in [0.5, 0.6) is 0 Å². The third kappa shape index (κ3) is 10.1. The van der Waals surface area contributed by atoms with E-state index in [1.807, 2.05) is 19.2 Å². The molecule has 1 saturated carbocycles. The minimum atomic E-state index is -2.84. The van der Waals surface area contributed by atoms with Gasteiger partial charge in [-0.05, 0) is 72.7 Å². The third-order valence-electron chi connectivity index (χ3n) is 11.0. The molecule has 3 N–H and O–H groups in total. The Morgan fingerprint density at radius 2 is 1.62 bits per heavy atom. The van der Waals surface area contributed by atoms with Gasteiger partial charge in [-0.2, -0.15) is 0 Å². The second kappa shape index (κ2) is 18.0. The molecule has 1 aliphatic carbocycles. The van der Waals surface area contributed by atoms with Crippen LogP contribution < -0.4 is 25.7 Å². The Hall–Kier alpha value is -4.40. The zero-order chi connectivity index (χ0) is 38.3. The van der Waals surface area contributed by atoms with Gasteiger partial charge in [-0.3, -0.25) is 34.9 Å². The van der Waals surface area contributed by atoms with Crippen molar-refractivity contribution >= 4 is 46.4 Å². The van der Waals surface area contributed by atoms with Crippen LogP contribution in [0.1, 0.15) is 86.8 Å². The molecule has 4 aromatic rings. The van der Waals surface area contributed by atoms with Crippen molar-refractivity contribution in [3.05, 3.63) is 87.8 Å². The first-order chi connectivity index (χ1) is 26.7. The number of nitrogens with zero attached hydrogens (tertiary/aromatic N) is 5. The number of hydrogen-bond acceptors (Lipinski definition) is 9. The highest BCUT2D eigenvalue weighted by Crippen LogP contribution is 2.30. The van der Waals surface area contributed by atoms with Gasteiger partial charge in [0.05, 0.1) is 36.2 Å². The Bertz CT molecular complexity index is 2000. The summed E-state index contributed by atoms with van der Waals surface area (Å²) in [7, 11) is 1.81. The van der Waals surface area contributed by atoms with Crippen LogP contribution in [0, 0.1) is 0 Å². The second-order valence-corrected chi connectivity index (χ2v) is 16.2. The fourth-order valence-electron chi connectivity index (χ4n) is 7.85. The molecule has 3 aliphatic heterocycles. The number of imide groups is 1. The number of aromatic nitrogens is 3. The summed E-state index contributed by atoms with van der Waals surface area (Å²) in [5, 5.41) is 6.39. The molecule has 0 spiro atoms. The molecule has 2 aromatic carbocycles. The number of nitrogens with one attached hydrogen (secondary N) is 3. The minimum Gasteiger partial charge on any atom is -0.369 e.